The van der Waals surface area contributed by atoms with Crippen molar-refractivity contribution in [1.82, 2.24) is 0 Å². The number of ether oxygens (including phenoxy) is 2. The molecule has 0 spiro atoms. The van der Waals surface area contributed by atoms with E-state index in [1.165, 1.54) is 161 Å². The van der Waals surface area contributed by atoms with Crippen LogP contribution in [-0.2, 0) is 32.7 Å². The van der Waals surface area contributed by atoms with Gasteiger partial charge in [0.05, 0.1) is 27.7 Å². The molecule has 0 aromatic heterocycles. The number of quaternary nitrogens is 1. The molecule has 0 aliphatic rings. The molecule has 0 aliphatic carbocycles. The summed E-state index contributed by atoms with van der Waals surface area (Å²) in [6, 6.07) is 0. The largest absolute Gasteiger partial charge is 0.472 e. The van der Waals surface area contributed by atoms with Gasteiger partial charge in [0.1, 0.15) is 19.8 Å². The van der Waals surface area contributed by atoms with Gasteiger partial charge in [-0.3, -0.25) is 18.6 Å². The number of unbranched alkanes of at least 4 members (excludes halogenated alkanes) is 29. The van der Waals surface area contributed by atoms with E-state index >= 15 is 0 Å². The Morgan fingerprint density at radius 3 is 1.16 bits per heavy atom. The second-order valence-electron chi connectivity index (χ2n) is 17.2. The highest BCUT2D eigenvalue weighted by atomic mass is 31.2. The highest BCUT2D eigenvalue weighted by Gasteiger charge is 2.27. The molecule has 0 saturated carbocycles. The van der Waals surface area contributed by atoms with Gasteiger partial charge in [-0.25, -0.2) is 4.57 Å². The predicted molar refractivity (Wildman–Crippen MR) is 229 cm³/mol. The highest BCUT2D eigenvalue weighted by molar-refractivity contribution is 7.47. The van der Waals surface area contributed by atoms with Crippen molar-refractivity contribution in [2.45, 2.75) is 232 Å². The van der Waals surface area contributed by atoms with Crippen LogP contribution in [0.15, 0.2) is 0 Å². The Kier molecular flexibility index (Phi) is 37.8. The zero-order valence-electron chi connectivity index (χ0n) is 36.9. The SMILES string of the molecule is CCCCCCCCCCCCCCCCCCCCCCCC(=O)O[C@H](COC(=O)CCCCCCCCCCCC)COP(=O)(O)OCC[N+](C)(C)C. The molecule has 328 valence electrons. The zero-order valence-corrected chi connectivity index (χ0v) is 37.8. The first-order valence-electron chi connectivity index (χ1n) is 23.3. The summed E-state index contributed by atoms with van der Waals surface area (Å²) in [7, 11) is 1.49. The number of hydrogen-bond acceptors (Lipinski definition) is 7. The summed E-state index contributed by atoms with van der Waals surface area (Å²) in [6.45, 7) is 4.45. The molecule has 0 aromatic carbocycles. The minimum absolute atomic E-state index is 0.0368. The van der Waals surface area contributed by atoms with E-state index in [1.54, 1.807) is 0 Å². The van der Waals surface area contributed by atoms with Crippen molar-refractivity contribution in [3.8, 4) is 0 Å². The fourth-order valence-corrected chi connectivity index (χ4v) is 7.46. The molecule has 10 heteroatoms. The van der Waals surface area contributed by atoms with Gasteiger partial charge in [0, 0.05) is 12.8 Å². The van der Waals surface area contributed by atoms with E-state index in [2.05, 4.69) is 13.8 Å². The maximum absolute atomic E-state index is 12.7. The number of phosphoric acid groups is 1. The molecule has 0 heterocycles. The lowest BCUT2D eigenvalue weighted by Crippen LogP contribution is -2.37. The van der Waals surface area contributed by atoms with E-state index in [9.17, 15) is 19.0 Å². The fraction of sp³-hybridized carbons (Fsp3) is 0.956. The van der Waals surface area contributed by atoms with Gasteiger partial charge >= 0.3 is 19.8 Å². The summed E-state index contributed by atoms with van der Waals surface area (Å²) in [5.41, 5.74) is 0. The van der Waals surface area contributed by atoms with Crippen LogP contribution < -0.4 is 0 Å². The first kappa shape index (κ1) is 54.0. The summed E-state index contributed by atoms with van der Waals surface area (Å²) >= 11 is 0. The monoisotopic (exact) mass is 805 g/mol. The molecule has 1 unspecified atom stereocenters. The molecule has 55 heavy (non-hydrogen) atoms. The van der Waals surface area contributed by atoms with Crippen LogP contribution in [0.3, 0.4) is 0 Å². The number of likely N-dealkylation sites (N-methyl/N-ethyl adjacent to an activating group) is 1. The van der Waals surface area contributed by atoms with Crippen LogP contribution in [0.5, 0.6) is 0 Å². The van der Waals surface area contributed by atoms with Crippen molar-refractivity contribution in [3.63, 3.8) is 0 Å². The third-order valence-corrected chi connectivity index (χ3v) is 11.4. The first-order valence-corrected chi connectivity index (χ1v) is 24.8. The van der Waals surface area contributed by atoms with E-state index in [4.69, 9.17) is 18.5 Å². The topological polar surface area (TPSA) is 108 Å². The average molecular weight is 805 g/mol. The molecule has 0 saturated heterocycles. The number of rotatable bonds is 43. The Morgan fingerprint density at radius 2 is 0.818 bits per heavy atom. The van der Waals surface area contributed by atoms with Crippen molar-refractivity contribution < 1.29 is 42.1 Å². The van der Waals surface area contributed by atoms with Crippen LogP contribution in [0.25, 0.3) is 0 Å². The Bertz CT molecular complexity index is 912. The normalized spacial score (nSPS) is 13.5. The summed E-state index contributed by atoms with van der Waals surface area (Å²) in [5.74, 6) is -0.785. The molecule has 0 aliphatic heterocycles. The van der Waals surface area contributed by atoms with Gasteiger partial charge in [0.15, 0.2) is 6.10 Å². The number of nitrogens with zero attached hydrogens (tertiary/aromatic N) is 1. The van der Waals surface area contributed by atoms with Crippen molar-refractivity contribution >= 4 is 19.8 Å². The van der Waals surface area contributed by atoms with Crippen molar-refractivity contribution in [2.24, 2.45) is 0 Å². The number of carbonyl (C=O) groups excluding carboxylic acids is 2. The Labute approximate surface area is 340 Å². The molecular formula is C45H91NO8P+. The van der Waals surface area contributed by atoms with Gasteiger partial charge in [-0.1, -0.05) is 200 Å². The van der Waals surface area contributed by atoms with Crippen LogP contribution in [0.4, 0.5) is 0 Å². The summed E-state index contributed by atoms with van der Waals surface area (Å²) < 4.78 is 34.3. The lowest BCUT2D eigenvalue weighted by molar-refractivity contribution is -0.870. The van der Waals surface area contributed by atoms with E-state index in [-0.39, 0.29) is 25.6 Å². The highest BCUT2D eigenvalue weighted by Crippen LogP contribution is 2.43. The minimum Gasteiger partial charge on any atom is -0.462 e. The molecule has 0 rings (SSSR count). The zero-order chi connectivity index (χ0) is 40.7. The Balaban J connectivity index is 4.19. The van der Waals surface area contributed by atoms with Crippen LogP contribution in [-0.4, -0.2) is 74.9 Å². The van der Waals surface area contributed by atoms with E-state index in [0.717, 1.165) is 38.5 Å². The summed E-state index contributed by atoms with van der Waals surface area (Å²) in [4.78, 5) is 35.3. The maximum Gasteiger partial charge on any atom is 0.472 e. The lowest BCUT2D eigenvalue weighted by atomic mass is 10.0. The summed E-state index contributed by atoms with van der Waals surface area (Å²) in [5, 5.41) is 0. The molecular weight excluding hydrogens is 713 g/mol. The second-order valence-corrected chi connectivity index (χ2v) is 18.6. The third kappa shape index (κ3) is 42.4. The molecule has 1 N–H and O–H groups in total. The van der Waals surface area contributed by atoms with Crippen LogP contribution >= 0.6 is 7.82 Å². The van der Waals surface area contributed by atoms with Gasteiger partial charge in [-0.05, 0) is 12.8 Å². The van der Waals surface area contributed by atoms with Gasteiger partial charge in [-0.15, -0.1) is 0 Å². The quantitative estimate of drug-likeness (QED) is 0.0281. The Morgan fingerprint density at radius 1 is 0.491 bits per heavy atom. The van der Waals surface area contributed by atoms with Gasteiger partial charge < -0.3 is 18.9 Å². The molecule has 0 amide bonds. The van der Waals surface area contributed by atoms with Crippen molar-refractivity contribution in [3.05, 3.63) is 0 Å². The maximum atomic E-state index is 12.7. The molecule has 0 fully saturated rings. The van der Waals surface area contributed by atoms with Gasteiger partial charge in [-0.2, -0.15) is 0 Å². The van der Waals surface area contributed by atoms with Crippen molar-refractivity contribution in [2.75, 3.05) is 47.5 Å². The molecule has 0 bridgehead atoms. The average Bonchev–Trinajstić information content (AvgIpc) is 3.13. The molecule has 9 nitrogen and oxygen atoms in total. The number of phosphoric ester groups is 1. The summed E-state index contributed by atoms with van der Waals surface area (Å²) in [6.07, 6.45) is 38.7. The number of carbonyl (C=O) groups is 2. The van der Waals surface area contributed by atoms with Crippen LogP contribution in [0, 0.1) is 0 Å². The van der Waals surface area contributed by atoms with E-state index in [1.807, 2.05) is 21.1 Å². The molecule has 0 aromatic rings. The predicted octanol–water partition coefficient (Wildman–Crippen LogP) is 13.2. The lowest BCUT2D eigenvalue weighted by Gasteiger charge is -2.24. The van der Waals surface area contributed by atoms with Crippen molar-refractivity contribution in [1.29, 1.82) is 0 Å². The van der Waals surface area contributed by atoms with Gasteiger partial charge in [0.25, 0.3) is 0 Å². The first-order chi connectivity index (χ1) is 26.5. The Hall–Kier alpha value is -0.990. The second kappa shape index (κ2) is 38.5. The van der Waals surface area contributed by atoms with E-state index < -0.39 is 26.5 Å². The third-order valence-electron chi connectivity index (χ3n) is 10.4. The smallest absolute Gasteiger partial charge is 0.462 e. The van der Waals surface area contributed by atoms with E-state index in [0.29, 0.717) is 17.4 Å². The van der Waals surface area contributed by atoms with Crippen LogP contribution in [0.1, 0.15) is 226 Å². The fourth-order valence-electron chi connectivity index (χ4n) is 6.72. The van der Waals surface area contributed by atoms with Crippen LogP contribution in [0.2, 0.25) is 0 Å². The number of esters is 2. The standard InChI is InChI=1S/C45H90NO8P/c1-6-8-10-12-14-16-18-19-20-21-22-23-24-25-26-27-28-30-32-34-36-38-45(48)54-43(42-53-55(49,50)52-40-39-46(3,4)5)41-51-44(47)37-35-33-31-29-17-15-13-11-9-7-2/h43H,6-42H2,1-5H3/p+1/t43-/m1/s1. The molecule has 0 radical (unpaired) electrons. The van der Waals surface area contributed by atoms with Gasteiger partial charge in [0.2, 0.25) is 0 Å². The minimum atomic E-state index is -4.36. The number of hydrogen-bond donors (Lipinski definition) is 1. The molecule has 2 atom stereocenters.